The molecule has 1 aliphatic rings. The summed E-state index contributed by atoms with van der Waals surface area (Å²) >= 11 is 12.7. The minimum Gasteiger partial charge on any atom is -0.493 e. The summed E-state index contributed by atoms with van der Waals surface area (Å²) in [7, 11) is 1.56. The van der Waals surface area contributed by atoms with E-state index in [9.17, 15) is 5.26 Å². The second kappa shape index (κ2) is 10.1. The Bertz CT molecular complexity index is 1550. The fourth-order valence-electron chi connectivity index (χ4n) is 4.76. The van der Waals surface area contributed by atoms with Crippen molar-refractivity contribution in [3.8, 4) is 28.8 Å². The van der Waals surface area contributed by atoms with E-state index in [-0.39, 0.29) is 5.54 Å². The van der Waals surface area contributed by atoms with Gasteiger partial charge in [0.05, 0.1) is 33.8 Å². The summed E-state index contributed by atoms with van der Waals surface area (Å²) in [6.45, 7) is 6.83. The van der Waals surface area contributed by atoms with Crippen LogP contribution >= 0.6 is 23.2 Å². The van der Waals surface area contributed by atoms with Gasteiger partial charge < -0.3 is 20.1 Å². The Morgan fingerprint density at radius 2 is 1.97 bits per heavy atom. The number of H-pyrrole nitrogens is 1. The molecule has 1 atom stereocenters. The molecule has 38 heavy (non-hydrogen) atoms. The molecule has 5 rings (SSSR count). The molecule has 4 aromatic rings. The summed E-state index contributed by atoms with van der Waals surface area (Å²) in [5.74, 6) is 1.59. The van der Waals surface area contributed by atoms with E-state index >= 15 is 0 Å². The number of fused-ring (bicyclic) bond motifs is 1. The van der Waals surface area contributed by atoms with E-state index < -0.39 is 6.10 Å². The van der Waals surface area contributed by atoms with Crippen molar-refractivity contribution in [2.75, 3.05) is 25.1 Å². The number of nitrogens with one attached hydrogen (secondary N) is 1. The van der Waals surface area contributed by atoms with Gasteiger partial charge in [0.25, 0.3) is 0 Å². The molecular weight excluding hydrogens is 525 g/mol. The van der Waals surface area contributed by atoms with Crippen molar-refractivity contribution in [3.05, 3.63) is 70.6 Å². The third-order valence-electron chi connectivity index (χ3n) is 6.57. The molecule has 0 aliphatic carbocycles. The fraction of sp³-hybridized carbons (Fsp3) is 0.259. The fourth-order valence-corrected chi connectivity index (χ4v) is 5.43. The Labute approximate surface area is 229 Å². The number of halogens is 2. The molecule has 1 aliphatic heterocycles. The average molecular weight is 550 g/mol. The van der Waals surface area contributed by atoms with E-state index in [2.05, 4.69) is 32.8 Å². The van der Waals surface area contributed by atoms with Crippen LogP contribution in [0.5, 0.6) is 11.5 Å². The Hall–Kier alpha value is -3.84. The number of aromatic nitrogens is 4. The van der Waals surface area contributed by atoms with Crippen molar-refractivity contribution in [2.45, 2.75) is 25.0 Å². The Balaban J connectivity index is 1.49. The maximum atomic E-state index is 9.87. The topological polar surface area (TPSA) is 126 Å². The Morgan fingerprint density at radius 1 is 1.24 bits per heavy atom. The molecule has 4 heterocycles. The molecule has 1 aromatic carbocycles. The van der Waals surface area contributed by atoms with E-state index in [0.29, 0.717) is 69.3 Å². The van der Waals surface area contributed by atoms with Gasteiger partial charge in [0.15, 0.2) is 11.5 Å². The molecule has 0 unspecified atom stereocenters. The van der Waals surface area contributed by atoms with Gasteiger partial charge in [-0.05, 0) is 25.5 Å². The van der Waals surface area contributed by atoms with Crippen molar-refractivity contribution in [3.63, 3.8) is 0 Å². The van der Waals surface area contributed by atoms with Gasteiger partial charge in [-0.3, -0.25) is 10.1 Å². The summed E-state index contributed by atoms with van der Waals surface area (Å²) in [4.78, 5) is 10.6. The highest BCUT2D eigenvalue weighted by atomic mass is 35.5. The Morgan fingerprint density at radius 3 is 2.63 bits per heavy atom. The van der Waals surface area contributed by atoms with Crippen molar-refractivity contribution in [2.24, 2.45) is 5.73 Å². The van der Waals surface area contributed by atoms with Crippen molar-refractivity contribution in [1.82, 2.24) is 20.2 Å². The summed E-state index contributed by atoms with van der Waals surface area (Å²) in [5.41, 5.74) is 9.12. The van der Waals surface area contributed by atoms with Crippen LogP contribution in [0, 0.1) is 11.3 Å². The zero-order valence-electron chi connectivity index (χ0n) is 20.8. The van der Waals surface area contributed by atoms with Gasteiger partial charge >= 0.3 is 0 Å². The maximum Gasteiger partial charge on any atom is 0.162 e. The second-order valence-corrected chi connectivity index (χ2v) is 10.1. The lowest BCUT2D eigenvalue weighted by molar-refractivity contribution is 0.216. The highest BCUT2D eigenvalue weighted by molar-refractivity contribution is 6.35. The van der Waals surface area contributed by atoms with Gasteiger partial charge in [0, 0.05) is 54.3 Å². The predicted octanol–water partition coefficient (Wildman–Crippen LogP) is 5.44. The summed E-state index contributed by atoms with van der Waals surface area (Å²) in [6.07, 6.45) is 6.78. The minimum atomic E-state index is -0.488. The number of ether oxygens (including phenoxy) is 2. The first-order valence-electron chi connectivity index (χ1n) is 11.8. The quantitative estimate of drug-likeness (QED) is 0.278. The van der Waals surface area contributed by atoms with Gasteiger partial charge in [-0.1, -0.05) is 29.3 Å². The van der Waals surface area contributed by atoms with Gasteiger partial charge in [-0.25, -0.2) is 4.98 Å². The van der Waals surface area contributed by atoms with Crippen LogP contribution in [0.15, 0.2) is 49.4 Å². The summed E-state index contributed by atoms with van der Waals surface area (Å²) < 4.78 is 11.8. The third kappa shape index (κ3) is 4.63. The van der Waals surface area contributed by atoms with E-state index in [1.54, 1.807) is 25.4 Å². The van der Waals surface area contributed by atoms with Crippen LogP contribution < -0.4 is 20.1 Å². The van der Waals surface area contributed by atoms with Gasteiger partial charge in [-0.2, -0.15) is 10.4 Å². The second-order valence-electron chi connectivity index (χ2n) is 9.32. The highest BCUT2D eigenvalue weighted by Crippen LogP contribution is 2.40. The lowest BCUT2D eigenvalue weighted by Gasteiger charge is -2.48. The number of rotatable bonds is 8. The molecule has 0 radical (unpaired) electrons. The van der Waals surface area contributed by atoms with Crippen molar-refractivity contribution >= 4 is 39.9 Å². The predicted molar refractivity (Wildman–Crippen MR) is 148 cm³/mol. The number of nitrogens with zero attached hydrogens (tertiary/aromatic N) is 5. The molecule has 1 fully saturated rings. The monoisotopic (exact) mass is 549 g/mol. The van der Waals surface area contributed by atoms with E-state index in [0.717, 1.165) is 10.9 Å². The van der Waals surface area contributed by atoms with Crippen LogP contribution in [-0.2, 0) is 0 Å². The molecular formula is C27H25Cl2N7O2. The molecule has 3 N–H and O–H groups in total. The summed E-state index contributed by atoms with van der Waals surface area (Å²) in [5, 5.41) is 19.0. The van der Waals surface area contributed by atoms with Crippen LogP contribution in [0.4, 0.5) is 5.82 Å². The first kappa shape index (κ1) is 25.8. The number of aromatic amines is 1. The smallest absolute Gasteiger partial charge is 0.162 e. The number of nitrogens with two attached hydrogens (primary N) is 1. The number of hydrogen-bond donors (Lipinski definition) is 2. The zero-order valence-corrected chi connectivity index (χ0v) is 22.3. The lowest BCUT2D eigenvalue weighted by atomic mass is 9.87. The molecule has 1 saturated heterocycles. The normalized spacial score (nSPS) is 15.0. The van der Waals surface area contributed by atoms with Crippen LogP contribution in [-0.4, -0.2) is 45.9 Å². The van der Waals surface area contributed by atoms with Crippen LogP contribution in [0.25, 0.3) is 22.2 Å². The number of benzene rings is 1. The maximum absolute atomic E-state index is 9.87. The molecule has 11 heteroatoms. The molecule has 3 aromatic heterocycles. The number of nitriles is 1. The number of hydrogen-bond acceptors (Lipinski definition) is 8. The van der Waals surface area contributed by atoms with E-state index in [1.807, 2.05) is 24.0 Å². The number of methoxy groups -OCH3 is 1. The summed E-state index contributed by atoms with van der Waals surface area (Å²) in [6, 6.07) is 7.68. The van der Waals surface area contributed by atoms with E-state index in [4.69, 9.17) is 38.4 Å². The highest BCUT2D eigenvalue weighted by Gasteiger charge is 2.40. The van der Waals surface area contributed by atoms with E-state index in [1.165, 1.54) is 12.4 Å². The molecule has 194 valence electrons. The van der Waals surface area contributed by atoms with Crippen molar-refractivity contribution in [1.29, 1.82) is 5.26 Å². The molecule has 0 spiro atoms. The molecule has 9 nitrogen and oxygen atoms in total. The average Bonchev–Trinajstić information content (AvgIpc) is 3.29. The van der Waals surface area contributed by atoms with Crippen molar-refractivity contribution < 1.29 is 9.47 Å². The zero-order chi connectivity index (χ0) is 27.0. The minimum absolute atomic E-state index is 0.343. The number of anilines is 1. The lowest BCUT2D eigenvalue weighted by Crippen LogP contribution is -2.67. The van der Waals surface area contributed by atoms with Gasteiger partial charge in [-0.15, -0.1) is 6.58 Å². The first-order chi connectivity index (χ1) is 18.3. The largest absolute Gasteiger partial charge is 0.493 e. The van der Waals surface area contributed by atoms with Crippen LogP contribution in [0.1, 0.15) is 30.6 Å². The van der Waals surface area contributed by atoms with Crippen LogP contribution in [0.2, 0.25) is 10.0 Å². The molecule has 0 saturated carbocycles. The standard InChI is InChI=1S/C27H25Cl2N7O2/c1-4-5-27(31)13-36(14-27)26-16(9-30)6-17(10-33-26)25-18-7-23(22(37-3)8-21(18)34-35-25)38-15(2)24-19(28)11-32-12-20(24)29/h4,6-8,10-12,15H,1,5,13-14,31H2,2-3H3,(H,34,35)/t15-/m1/s1. The van der Waals surface area contributed by atoms with Gasteiger partial charge in [0.2, 0.25) is 0 Å². The van der Waals surface area contributed by atoms with Crippen LogP contribution in [0.3, 0.4) is 0 Å². The molecule has 0 bridgehead atoms. The number of pyridine rings is 2. The van der Waals surface area contributed by atoms with Gasteiger partial charge in [0.1, 0.15) is 23.7 Å². The first-order valence-corrected chi connectivity index (χ1v) is 12.6. The third-order valence-corrected chi connectivity index (χ3v) is 7.17. The SMILES string of the molecule is C=CCC1(N)CN(c2ncc(-c3n[nH]c4cc(OC)c(O[C@H](C)c5c(Cl)cncc5Cl)cc34)cc2C#N)C1. The Kier molecular flexibility index (Phi) is 6.88. The molecule has 0 amide bonds.